The molecule has 0 spiro atoms. The van der Waals surface area contributed by atoms with E-state index < -0.39 is 0 Å². The van der Waals surface area contributed by atoms with Gasteiger partial charge in [-0.1, -0.05) is 77.8 Å². The summed E-state index contributed by atoms with van der Waals surface area (Å²) in [6.07, 6.45) is 0. The molecule has 0 fully saturated rings. The van der Waals surface area contributed by atoms with Crippen LogP contribution in [0.1, 0.15) is 11.1 Å². The van der Waals surface area contributed by atoms with Gasteiger partial charge >= 0.3 is 0 Å². The van der Waals surface area contributed by atoms with Gasteiger partial charge in [0.2, 0.25) is 0 Å². The molecule has 6 heteroatoms. The summed E-state index contributed by atoms with van der Waals surface area (Å²) < 4.78 is 0. The lowest BCUT2D eigenvalue weighted by Gasteiger charge is -2.15. The number of halogens is 2. The van der Waals surface area contributed by atoms with Crippen LogP contribution < -0.4 is 4.90 Å². The highest BCUT2D eigenvalue weighted by atomic mass is 35.5. The van der Waals surface area contributed by atoms with Crippen molar-refractivity contribution in [2.45, 2.75) is 5.75 Å². The number of carbonyl (C=O) groups excluding carboxylic acids is 2. The second-order valence-corrected chi connectivity index (χ2v) is 8.21. The predicted molar refractivity (Wildman–Crippen MR) is 120 cm³/mol. The Morgan fingerprint density at radius 3 is 2.10 bits per heavy atom. The minimum atomic E-state index is -0.388. The fourth-order valence-corrected chi connectivity index (χ4v) is 4.68. The lowest BCUT2D eigenvalue weighted by atomic mass is 10.1. The molecule has 144 valence electrons. The van der Waals surface area contributed by atoms with Crippen LogP contribution in [0.5, 0.6) is 0 Å². The Morgan fingerprint density at radius 2 is 1.45 bits per heavy atom. The summed E-state index contributed by atoms with van der Waals surface area (Å²) in [6, 6.07) is 23.6. The van der Waals surface area contributed by atoms with Gasteiger partial charge in [0.25, 0.3) is 11.8 Å². The van der Waals surface area contributed by atoms with Crippen LogP contribution in [-0.4, -0.2) is 11.8 Å². The molecule has 0 aliphatic carbocycles. The van der Waals surface area contributed by atoms with E-state index in [9.17, 15) is 9.59 Å². The van der Waals surface area contributed by atoms with Crippen molar-refractivity contribution in [3.63, 3.8) is 0 Å². The van der Waals surface area contributed by atoms with E-state index in [-0.39, 0.29) is 11.8 Å². The molecule has 3 nitrogen and oxygen atoms in total. The minimum absolute atomic E-state index is 0.307. The van der Waals surface area contributed by atoms with Crippen molar-refractivity contribution < 1.29 is 9.59 Å². The topological polar surface area (TPSA) is 37.4 Å². The highest BCUT2D eigenvalue weighted by Gasteiger charge is 2.40. The molecule has 0 saturated heterocycles. The summed E-state index contributed by atoms with van der Waals surface area (Å²) in [5, 5.41) is 0.802. The Bertz CT molecular complexity index is 1110. The smallest absolute Gasteiger partial charge is 0.268 e. The maximum absolute atomic E-state index is 13.3. The number of imide groups is 1. The number of hydrogen-bond donors (Lipinski definition) is 0. The average molecular weight is 440 g/mol. The van der Waals surface area contributed by atoms with E-state index in [1.807, 2.05) is 36.4 Å². The number of benzene rings is 3. The molecular formula is C23H15Cl2NO2S. The lowest BCUT2D eigenvalue weighted by Crippen LogP contribution is -2.31. The van der Waals surface area contributed by atoms with Crippen molar-refractivity contribution in [1.82, 2.24) is 0 Å². The molecular weight excluding hydrogens is 425 g/mol. The fourth-order valence-electron chi connectivity index (χ4n) is 3.11. The quantitative estimate of drug-likeness (QED) is 0.443. The molecule has 3 aromatic carbocycles. The Balaban J connectivity index is 1.78. The molecule has 0 atom stereocenters. The zero-order valence-electron chi connectivity index (χ0n) is 15.1. The van der Waals surface area contributed by atoms with E-state index in [1.54, 1.807) is 42.5 Å². The summed E-state index contributed by atoms with van der Waals surface area (Å²) >= 11 is 13.8. The van der Waals surface area contributed by atoms with Crippen LogP contribution in [0.3, 0.4) is 0 Å². The van der Waals surface area contributed by atoms with Gasteiger partial charge in [-0.25, -0.2) is 4.90 Å². The molecule has 0 N–H and O–H groups in total. The van der Waals surface area contributed by atoms with E-state index in [1.165, 1.54) is 16.7 Å². The summed E-state index contributed by atoms with van der Waals surface area (Å²) in [7, 11) is 0. The Labute approximate surface area is 182 Å². The average Bonchev–Trinajstić information content (AvgIpc) is 2.97. The molecule has 2 amide bonds. The van der Waals surface area contributed by atoms with Gasteiger partial charge in [-0.05, 0) is 29.8 Å². The van der Waals surface area contributed by atoms with Crippen molar-refractivity contribution in [3.8, 4) is 0 Å². The highest BCUT2D eigenvalue weighted by Crippen LogP contribution is 2.41. The largest absolute Gasteiger partial charge is 0.272 e. The number of rotatable bonds is 5. The van der Waals surface area contributed by atoms with Crippen LogP contribution in [0.4, 0.5) is 5.69 Å². The second-order valence-electron chi connectivity index (χ2n) is 6.38. The molecule has 0 saturated carbocycles. The Hall–Kier alpha value is -2.53. The molecule has 0 bridgehead atoms. The Morgan fingerprint density at radius 1 is 0.793 bits per heavy atom. The highest BCUT2D eigenvalue weighted by molar-refractivity contribution is 8.03. The number of hydrogen-bond acceptors (Lipinski definition) is 3. The molecule has 3 aromatic rings. The van der Waals surface area contributed by atoms with E-state index in [4.69, 9.17) is 23.2 Å². The molecule has 1 aliphatic heterocycles. The van der Waals surface area contributed by atoms with Crippen molar-refractivity contribution in [3.05, 3.63) is 105 Å². The van der Waals surface area contributed by atoms with Crippen molar-refractivity contribution in [1.29, 1.82) is 0 Å². The first-order valence-electron chi connectivity index (χ1n) is 8.86. The number of para-hydroxylation sites is 1. The second kappa shape index (κ2) is 8.46. The number of nitrogens with zero attached hydrogens (tertiary/aromatic N) is 1. The van der Waals surface area contributed by atoms with Gasteiger partial charge in [0.15, 0.2) is 0 Å². The SMILES string of the molecule is O=C1C(SCc2ccccc2)=C(c2ccc(Cl)cc2Cl)C(=O)N1c1ccccc1. The zero-order valence-corrected chi connectivity index (χ0v) is 17.5. The van der Waals surface area contributed by atoms with Gasteiger partial charge in [-0.15, -0.1) is 11.8 Å². The number of carbonyl (C=O) groups is 2. The number of anilines is 1. The van der Waals surface area contributed by atoms with Gasteiger partial charge in [0, 0.05) is 16.3 Å². The predicted octanol–water partition coefficient (Wildman–Crippen LogP) is 6.21. The molecule has 4 rings (SSSR count). The summed E-state index contributed by atoms with van der Waals surface area (Å²) in [5.74, 6) is -0.170. The van der Waals surface area contributed by atoms with Gasteiger partial charge in [-0.2, -0.15) is 0 Å². The van der Waals surface area contributed by atoms with Crippen LogP contribution in [0, 0.1) is 0 Å². The fraction of sp³-hybridized carbons (Fsp3) is 0.0435. The van der Waals surface area contributed by atoms with Crippen LogP contribution >= 0.6 is 35.0 Å². The first-order chi connectivity index (χ1) is 14.1. The van der Waals surface area contributed by atoms with Crippen LogP contribution in [0.15, 0.2) is 83.8 Å². The van der Waals surface area contributed by atoms with Gasteiger partial charge in [0.1, 0.15) is 0 Å². The number of thioether (sulfide) groups is 1. The van der Waals surface area contributed by atoms with Crippen LogP contribution in [-0.2, 0) is 15.3 Å². The van der Waals surface area contributed by atoms with Crippen molar-refractivity contribution in [2.24, 2.45) is 0 Å². The molecule has 1 aliphatic rings. The molecule has 0 radical (unpaired) electrons. The van der Waals surface area contributed by atoms with E-state index in [0.717, 1.165) is 5.56 Å². The third-order valence-corrected chi connectivity index (χ3v) is 6.18. The first-order valence-corrected chi connectivity index (χ1v) is 10.6. The zero-order chi connectivity index (χ0) is 20.4. The summed E-state index contributed by atoms with van der Waals surface area (Å²) in [5.41, 5.74) is 2.40. The van der Waals surface area contributed by atoms with E-state index in [2.05, 4.69) is 0 Å². The van der Waals surface area contributed by atoms with Crippen LogP contribution in [0.2, 0.25) is 10.0 Å². The monoisotopic (exact) mass is 439 g/mol. The lowest BCUT2D eigenvalue weighted by molar-refractivity contribution is -0.119. The first kappa shape index (κ1) is 19.8. The maximum Gasteiger partial charge on any atom is 0.272 e. The van der Waals surface area contributed by atoms with E-state index >= 15 is 0 Å². The van der Waals surface area contributed by atoms with Crippen molar-refractivity contribution >= 4 is 58.0 Å². The Kier molecular flexibility index (Phi) is 5.76. The molecule has 0 aromatic heterocycles. The third-order valence-electron chi connectivity index (χ3n) is 4.48. The van der Waals surface area contributed by atoms with Crippen LogP contribution in [0.25, 0.3) is 5.57 Å². The molecule has 1 heterocycles. The standard InChI is InChI=1S/C23H15Cl2NO2S/c24-16-11-12-18(19(25)13-16)20-21(29-14-15-7-3-1-4-8-15)23(28)26(22(20)27)17-9-5-2-6-10-17/h1-13H,14H2. The number of amides is 2. The van der Waals surface area contributed by atoms with Crippen molar-refractivity contribution in [2.75, 3.05) is 4.90 Å². The minimum Gasteiger partial charge on any atom is -0.268 e. The third kappa shape index (κ3) is 3.97. The maximum atomic E-state index is 13.3. The summed E-state index contributed by atoms with van der Waals surface area (Å²) in [4.78, 5) is 28.2. The van der Waals surface area contributed by atoms with E-state index in [0.29, 0.717) is 37.5 Å². The van der Waals surface area contributed by atoms with Gasteiger partial charge in [0.05, 0.1) is 21.2 Å². The summed E-state index contributed by atoms with van der Waals surface area (Å²) in [6.45, 7) is 0. The van der Waals surface area contributed by atoms with Gasteiger partial charge in [-0.3, -0.25) is 9.59 Å². The molecule has 0 unspecified atom stereocenters. The molecule has 29 heavy (non-hydrogen) atoms. The van der Waals surface area contributed by atoms with Gasteiger partial charge < -0.3 is 0 Å². The normalized spacial score (nSPS) is 14.1.